The Labute approximate surface area is 186 Å². The van der Waals surface area contributed by atoms with Crippen molar-refractivity contribution < 1.29 is 27.5 Å². The van der Waals surface area contributed by atoms with Crippen molar-refractivity contribution in [2.24, 2.45) is 0 Å². The third-order valence-electron chi connectivity index (χ3n) is 3.95. The van der Waals surface area contributed by atoms with E-state index in [0.717, 1.165) is 17.3 Å². The normalized spacial score (nSPS) is 10.9. The molecule has 0 radical (unpaired) electrons. The minimum Gasteiger partial charge on any atom is -0.482 e. The maximum absolute atomic E-state index is 12.3. The average molecular weight is 470 g/mol. The van der Waals surface area contributed by atoms with Gasteiger partial charge in [-0.1, -0.05) is 47.6 Å². The van der Waals surface area contributed by atoms with Crippen LogP contribution in [0.2, 0.25) is 5.02 Å². The van der Waals surface area contributed by atoms with Crippen LogP contribution in [-0.4, -0.2) is 40.4 Å². The highest BCUT2D eigenvalue weighted by molar-refractivity contribution is 7.99. The van der Waals surface area contributed by atoms with Gasteiger partial charge in [0.25, 0.3) is 11.1 Å². The molecule has 0 spiro atoms. The number of rotatable bonds is 10. The molecule has 1 amide bonds. The Morgan fingerprint density at radius 2 is 1.94 bits per heavy atom. The molecule has 164 valence electrons. The van der Waals surface area contributed by atoms with E-state index in [1.165, 1.54) is 17.0 Å². The van der Waals surface area contributed by atoms with Gasteiger partial charge in [-0.05, 0) is 29.8 Å². The first kappa shape index (κ1) is 22.8. The van der Waals surface area contributed by atoms with Crippen LogP contribution in [0.5, 0.6) is 11.5 Å². The maximum Gasteiger partial charge on any atom is 0.387 e. The fourth-order valence-corrected chi connectivity index (χ4v) is 3.34. The fraction of sp³-hybridized carbons (Fsp3) is 0.250. The quantitative estimate of drug-likeness (QED) is 0.400. The van der Waals surface area contributed by atoms with E-state index in [9.17, 15) is 13.6 Å². The molecular weight excluding hydrogens is 452 g/mol. The SMILES string of the molecule is CN(Cc1ccc(OC(F)F)cc1)C(=O)CSc1nnc(COc2ccccc2Cl)o1. The molecule has 0 N–H and O–H groups in total. The summed E-state index contributed by atoms with van der Waals surface area (Å²) in [5.74, 6) is 0.756. The summed E-state index contributed by atoms with van der Waals surface area (Å²) >= 11 is 7.13. The van der Waals surface area contributed by atoms with Gasteiger partial charge >= 0.3 is 6.61 Å². The molecule has 2 aromatic carbocycles. The lowest BCUT2D eigenvalue weighted by Gasteiger charge is -2.17. The fourth-order valence-electron chi connectivity index (χ4n) is 2.43. The van der Waals surface area contributed by atoms with Gasteiger partial charge in [0.2, 0.25) is 5.91 Å². The summed E-state index contributed by atoms with van der Waals surface area (Å²) in [6.45, 7) is -2.51. The van der Waals surface area contributed by atoms with Crippen molar-refractivity contribution in [2.45, 2.75) is 25.0 Å². The van der Waals surface area contributed by atoms with E-state index < -0.39 is 6.61 Å². The zero-order valence-electron chi connectivity index (χ0n) is 16.3. The molecule has 1 aromatic heterocycles. The van der Waals surface area contributed by atoms with Gasteiger partial charge in [0.1, 0.15) is 11.5 Å². The number of hydrogen-bond donors (Lipinski definition) is 0. The van der Waals surface area contributed by atoms with Crippen LogP contribution in [0, 0.1) is 0 Å². The highest BCUT2D eigenvalue weighted by atomic mass is 35.5. The molecule has 0 fully saturated rings. The molecule has 0 saturated heterocycles. The monoisotopic (exact) mass is 469 g/mol. The first-order valence-electron chi connectivity index (χ1n) is 9.01. The van der Waals surface area contributed by atoms with Crippen molar-refractivity contribution in [3.63, 3.8) is 0 Å². The van der Waals surface area contributed by atoms with Crippen LogP contribution in [0.25, 0.3) is 0 Å². The molecule has 1 heterocycles. The van der Waals surface area contributed by atoms with Gasteiger partial charge in [0.15, 0.2) is 6.61 Å². The number of amides is 1. The molecule has 0 unspecified atom stereocenters. The zero-order chi connectivity index (χ0) is 22.2. The minimum atomic E-state index is -2.87. The smallest absolute Gasteiger partial charge is 0.387 e. The number of hydrogen-bond acceptors (Lipinski definition) is 7. The number of halogens is 3. The first-order chi connectivity index (χ1) is 14.9. The van der Waals surface area contributed by atoms with Crippen molar-refractivity contribution in [2.75, 3.05) is 12.8 Å². The number of para-hydroxylation sites is 1. The molecule has 11 heteroatoms. The van der Waals surface area contributed by atoms with Crippen molar-refractivity contribution in [3.05, 3.63) is 65.0 Å². The van der Waals surface area contributed by atoms with Crippen LogP contribution in [0.15, 0.2) is 58.2 Å². The van der Waals surface area contributed by atoms with E-state index in [1.807, 2.05) is 0 Å². The van der Waals surface area contributed by atoms with E-state index in [-0.39, 0.29) is 35.1 Å². The zero-order valence-corrected chi connectivity index (χ0v) is 17.9. The number of ether oxygens (including phenoxy) is 2. The number of carbonyl (C=O) groups is 1. The molecule has 3 rings (SSSR count). The Morgan fingerprint density at radius 3 is 2.65 bits per heavy atom. The first-order valence-corrected chi connectivity index (χ1v) is 10.4. The molecule has 31 heavy (non-hydrogen) atoms. The summed E-state index contributed by atoms with van der Waals surface area (Å²) in [5, 5.41) is 8.49. The van der Waals surface area contributed by atoms with Crippen LogP contribution >= 0.6 is 23.4 Å². The van der Waals surface area contributed by atoms with Crippen LogP contribution < -0.4 is 9.47 Å². The van der Waals surface area contributed by atoms with Crippen LogP contribution in [0.4, 0.5) is 8.78 Å². The number of benzene rings is 2. The summed E-state index contributed by atoms with van der Waals surface area (Å²) in [5.41, 5.74) is 0.777. The molecule has 0 aliphatic carbocycles. The largest absolute Gasteiger partial charge is 0.482 e. The molecule has 0 aliphatic rings. The van der Waals surface area contributed by atoms with E-state index >= 15 is 0 Å². The predicted octanol–water partition coefficient (Wildman–Crippen LogP) is 4.65. The lowest BCUT2D eigenvalue weighted by atomic mass is 10.2. The van der Waals surface area contributed by atoms with E-state index in [4.69, 9.17) is 20.8 Å². The molecule has 0 bridgehead atoms. The van der Waals surface area contributed by atoms with Crippen LogP contribution in [0.1, 0.15) is 11.5 Å². The lowest BCUT2D eigenvalue weighted by Crippen LogP contribution is -2.27. The van der Waals surface area contributed by atoms with Gasteiger partial charge in [-0.3, -0.25) is 4.79 Å². The van der Waals surface area contributed by atoms with Crippen molar-refractivity contribution in [1.82, 2.24) is 15.1 Å². The third-order valence-corrected chi connectivity index (χ3v) is 5.06. The Kier molecular flexibility index (Phi) is 8.07. The second-order valence-corrected chi connectivity index (χ2v) is 7.58. The van der Waals surface area contributed by atoms with E-state index in [1.54, 1.807) is 43.4 Å². The van der Waals surface area contributed by atoms with Gasteiger partial charge < -0.3 is 18.8 Å². The highest BCUT2D eigenvalue weighted by Crippen LogP contribution is 2.24. The Morgan fingerprint density at radius 1 is 1.19 bits per heavy atom. The van der Waals surface area contributed by atoms with Gasteiger partial charge in [0.05, 0.1) is 10.8 Å². The van der Waals surface area contributed by atoms with Gasteiger partial charge in [-0.2, -0.15) is 8.78 Å². The maximum atomic E-state index is 12.3. The summed E-state index contributed by atoms with van der Waals surface area (Å²) in [6, 6.07) is 13.1. The predicted molar refractivity (Wildman–Crippen MR) is 110 cm³/mol. The average Bonchev–Trinajstić information content (AvgIpc) is 3.20. The van der Waals surface area contributed by atoms with Crippen molar-refractivity contribution in [3.8, 4) is 11.5 Å². The van der Waals surface area contributed by atoms with Crippen LogP contribution in [0.3, 0.4) is 0 Å². The Balaban J connectivity index is 1.44. The second kappa shape index (κ2) is 11.0. The number of carbonyl (C=O) groups excluding carboxylic acids is 1. The topological polar surface area (TPSA) is 77.7 Å². The number of nitrogens with zero attached hydrogens (tertiary/aromatic N) is 3. The molecule has 3 aromatic rings. The van der Waals surface area contributed by atoms with E-state index in [0.29, 0.717) is 17.3 Å². The lowest BCUT2D eigenvalue weighted by molar-refractivity contribution is -0.127. The van der Waals surface area contributed by atoms with Crippen molar-refractivity contribution >= 4 is 29.3 Å². The Hall–Kier alpha value is -2.85. The highest BCUT2D eigenvalue weighted by Gasteiger charge is 2.14. The molecule has 0 aliphatic heterocycles. The van der Waals surface area contributed by atoms with Gasteiger partial charge in [-0.25, -0.2) is 0 Å². The van der Waals surface area contributed by atoms with Crippen LogP contribution in [-0.2, 0) is 17.9 Å². The number of aromatic nitrogens is 2. The molecular formula is C20H18ClF2N3O4S. The van der Waals surface area contributed by atoms with Crippen molar-refractivity contribution in [1.29, 1.82) is 0 Å². The van der Waals surface area contributed by atoms with Gasteiger partial charge in [-0.15, -0.1) is 10.2 Å². The van der Waals surface area contributed by atoms with E-state index in [2.05, 4.69) is 14.9 Å². The standard InChI is InChI=1S/C20H18ClF2N3O4S/c1-26(10-13-6-8-14(9-7-13)29-19(22)23)18(27)12-31-20-25-24-17(30-20)11-28-16-5-3-2-4-15(16)21/h2-9,19H,10-12H2,1H3. The third kappa shape index (κ3) is 7.11. The molecule has 0 saturated carbocycles. The molecule has 7 nitrogen and oxygen atoms in total. The summed E-state index contributed by atoms with van der Waals surface area (Å²) in [4.78, 5) is 13.8. The molecule has 0 atom stereocenters. The number of thioether (sulfide) groups is 1. The summed E-state index contributed by atoms with van der Waals surface area (Å²) in [6.07, 6.45) is 0. The Bertz CT molecular complexity index is 1000. The summed E-state index contributed by atoms with van der Waals surface area (Å²) in [7, 11) is 1.64. The second-order valence-electron chi connectivity index (χ2n) is 6.24. The minimum absolute atomic E-state index is 0.0520. The summed E-state index contributed by atoms with van der Waals surface area (Å²) < 4.78 is 39.7. The number of alkyl halides is 2. The van der Waals surface area contributed by atoms with Gasteiger partial charge in [0, 0.05) is 13.6 Å².